The lowest BCUT2D eigenvalue weighted by Crippen LogP contribution is -2.54. The number of carbonyl (C=O) groups excluding carboxylic acids is 4. The lowest BCUT2D eigenvalue weighted by molar-refractivity contribution is -0.128. The summed E-state index contributed by atoms with van der Waals surface area (Å²) in [6.45, 7) is 0. The normalized spacial score (nSPS) is 21.9. The van der Waals surface area contributed by atoms with Crippen LogP contribution in [0.15, 0.2) is 54.6 Å². The molecule has 0 bridgehead atoms. The highest BCUT2D eigenvalue weighted by atomic mass is 35.5. The number of nitrogens with zero attached hydrogens (tertiary/aromatic N) is 1. The van der Waals surface area contributed by atoms with Gasteiger partial charge in [-0.25, -0.2) is 4.79 Å². The van der Waals surface area contributed by atoms with Gasteiger partial charge in [-0.15, -0.1) is 0 Å². The van der Waals surface area contributed by atoms with Gasteiger partial charge in [-0.3, -0.25) is 14.4 Å². The minimum absolute atomic E-state index is 0.0899. The molecule has 4 aliphatic rings. The Labute approximate surface area is 321 Å². The van der Waals surface area contributed by atoms with E-state index < -0.39 is 52.4 Å². The van der Waals surface area contributed by atoms with E-state index in [2.05, 4.69) is 22.0 Å². The smallest absolute Gasteiger partial charge is 0.408 e. The van der Waals surface area contributed by atoms with Crippen molar-refractivity contribution in [2.45, 2.75) is 126 Å². The van der Waals surface area contributed by atoms with Gasteiger partial charge in [0.05, 0.1) is 6.04 Å². The van der Waals surface area contributed by atoms with Crippen LogP contribution in [-0.2, 0) is 25.5 Å². The second kappa shape index (κ2) is 18.6. The molecular formula is C42H53ClN4O5S. The summed E-state index contributed by atoms with van der Waals surface area (Å²) >= 11 is 6.28. The molecule has 9 nitrogen and oxygen atoms in total. The molecule has 284 valence electrons. The first kappa shape index (κ1) is 39.0. The summed E-state index contributed by atoms with van der Waals surface area (Å²) in [4.78, 5) is 56.1. The Bertz CT molecular complexity index is 1690. The highest BCUT2D eigenvalue weighted by molar-refractivity contribution is 8.17. The molecule has 3 N–H and O–H groups in total. The fourth-order valence-electron chi connectivity index (χ4n) is 8.86. The summed E-state index contributed by atoms with van der Waals surface area (Å²) in [5, 5.41) is 20.0. The molecule has 53 heavy (non-hydrogen) atoms. The Morgan fingerprint density at radius 1 is 0.906 bits per heavy atom. The standard InChI is InChI=1S/C42H53ClN4O5S/c43-33-18-12-15-30(23-33)25-36(31-16-6-2-7-17-31)52-41(51)46-35(24-29-13-4-1-5-14-29)40(50)45-34(38(48)37(28-44)53-21-10-11-22-53)26-32-27-42(47-39(32)49)19-8-3-9-20-42/h2,6-7,12,15-18,23,29,32,34-36H,1,3-5,8-11,13-14,19-22,24-27H2,(H,45,50)(H,46,51)(H,47,49)/t32?,34?,35-,36?/m0/s1. The van der Waals surface area contributed by atoms with E-state index in [0.29, 0.717) is 24.3 Å². The van der Waals surface area contributed by atoms with Crippen LogP contribution in [-0.4, -0.2) is 57.7 Å². The summed E-state index contributed by atoms with van der Waals surface area (Å²) in [6.07, 6.45) is 12.3. The molecule has 2 aromatic carbocycles. The van der Waals surface area contributed by atoms with Crippen LogP contribution in [0.3, 0.4) is 0 Å². The van der Waals surface area contributed by atoms with Gasteiger partial charge in [-0.1, -0.05) is 105 Å². The molecule has 2 saturated heterocycles. The van der Waals surface area contributed by atoms with Gasteiger partial charge in [-0.05, 0) is 85.6 Å². The number of benzene rings is 2. The number of carbonyl (C=O) groups is 4. The van der Waals surface area contributed by atoms with Crippen molar-refractivity contribution in [3.63, 3.8) is 0 Å². The fourth-order valence-corrected chi connectivity index (χ4v) is 11.3. The van der Waals surface area contributed by atoms with E-state index in [1.165, 1.54) is 0 Å². The zero-order chi connectivity index (χ0) is 37.2. The van der Waals surface area contributed by atoms with Crippen molar-refractivity contribution in [3.8, 4) is 6.07 Å². The van der Waals surface area contributed by atoms with Crippen molar-refractivity contribution in [1.82, 2.24) is 16.0 Å². The molecule has 4 fully saturated rings. The third kappa shape index (κ3) is 10.5. The third-order valence-electron chi connectivity index (χ3n) is 11.6. The Morgan fingerprint density at radius 3 is 2.32 bits per heavy atom. The first-order valence-electron chi connectivity index (χ1n) is 19.6. The molecule has 3 unspecified atom stereocenters. The van der Waals surface area contributed by atoms with Crippen LogP contribution in [0.1, 0.15) is 114 Å². The molecule has 0 radical (unpaired) electrons. The van der Waals surface area contributed by atoms with Crippen LogP contribution in [0, 0.1) is 23.2 Å². The van der Waals surface area contributed by atoms with Gasteiger partial charge in [0.15, 0.2) is 0 Å². The lowest BCUT2D eigenvalue weighted by Gasteiger charge is -2.33. The van der Waals surface area contributed by atoms with Crippen LogP contribution >= 0.6 is 22.1 Å². The fraction of sp³-hybridized carbons (Fsp3) is 0.571. The average Bonchev–Trinajstić information content (AvgIpc) is 3.79. The maximum atomic E-state index is 14.4. The summed E-state index contributed by atoms with van der Waals surface area (Å²) in [5.74, 6) is 0.367. The number of ether oxygens (including phenoxy) is 1. The van der Waals surface area contributed by atoms with Crippen molar-refractivity contribution >= 4 is 50.6 Å². The first-order chi connectivity index (χ1) is 25.7. The molecule has 4 atom stereocenters. The second-order valence-corrected chi connectivity index (χ2v) is 18.2. The minimum atomic E-state index is -1.05. The summed E-state index contributed by atoms with van der Waals surface area (Å²) < 4.78 is 6.07. The molecule has 3 amide bonds. The van der Waals surface area contributed by atoms with E-state index in [-0.39, 0.29) is 28.6 Å². The number of rotatable bonds is 13. The number of amides is 3. The van der Waals surface area contributed by atoms with Gasteiger partial charge in [0.1, 0.15) is 23.1 Å². The van der Waals surface area contributed by atoms with Crippen LogP contribution < -0.4 is 16.0 Å². The van der Waals surface area contributed by atoms with Crippen molar-refractivity contribution in [2.75, 3.05) is 11.5 Å². The van der Waals surface area contributed by atoms with E-state index in [1.807, 2.05) is 48.5 Å². The summed E-state index contributed by atoms with van der Waals surface area (Å²) in [7, 11) is -0.466. The molecule has 11 heteroatoms. The summed E-state index contributed by atoms with van der Waals surface area (Å²) in [5.41, 5.74) is 1.44. The number of hydrogen-bond donors (Lipinski definition) is 3. The number of hydrogen-bond acceptors (Lipinski definition) is 6. The predicted octanol–water partition coefficient (Wildman–Crippen LogP) is 7.73. The highest BCUT2D eigenvalue weighted by Gasteiger charge is 2.46. The topological polar surface area (TPSA) is 137 Å². The van der Waals surface area contributed by atoms with E-state index in [0.717, 1.165) is 99.7 Å². The maximum absolute atomic E-state index is 14.4. The zero-order valence-electron chi connectivity index (χ0n) is 30.6. The Hall–Kier alpha value is -3.68. The van der Waals surface area contributed by atoms with Crippen LogP contribution in [0.5, 0.6) is 0 Å². The quantitative estimate of drug-likeness (QED) is 0.179. The van der Waals surface area contributed by atoms with Gasteiger partial charge in [-0.2, -0.15) is 15.7 Å². The molecule has 2 saturated carbocycles. The molecule has 0 aromatic heterocycles. The monoisotopic (exact) mass is 760 g/mol. The molecule has 2 aromatic rings. The van der Waals surface area contributed by atoms with Crippen molar-refractivity contribution in [2.24, 2.45) is 11.8 Å². The van der Waals surface area contributed by atoms with E-state index in [1.54, 1.807) is 6.07 Å². The van der Waals surface area contributed by atoms with E-state index in [9.17, 15) is 24.4 Å². The Kier molecular flexibility index (Phi) is 13.7. The van der Waals surface area contributed by atoms with Crippen molar-refractivity contribution < 1.29 is 23.9 Å². The molecular weight excluding hydrogens is 708 g/mol. The van der Waals surface area contributed by atoms with Gasteiger partial charge in [0, 0.05) is 22.9 Å². The van der Waals surface area contributed by atoms with Crippen LogP contribution in [0.25, 0.3) is 0 Å². The molecule has 2 aliphatic heterocycles. The van der Waals surface area contributed by atoms with Gasteiger partial charge < -0.3 is 20.7 Å². The first-order valence-corrected chi connectivity index (χ1v) is 21.5. The van der Waals surface area contributed by atoms with Gasteiger partial charge in [0.25, 0.3) is 0 Å². The zero-order valence-corrected chi connectivity index (χ0v) is 32.2. The predicted molar refractivity (Wildman–Crippen MR) is 210 cm³/mol. The highest BCUT2D eigenvalue weighted by Crippen LogP contribution is 2.40. The largest absolute Gasteiger partial charge is 0.441 e. The van der Waals surface area contributed by atoms with Gasteiger partial charge in [0.2, 0.25) is 17.6 Å². The number of Topliss-reactive ketones (excluding diaryl/α,β-unsaturated/α-hetero) is 1. The average molecular weight is 761 g/mol. The van der Waals surface area contributed by atoms with E-state index >= 15 is 0 Å². The maximum Gasteiger partial charge on any atom is 0.408 e. The number of halogens is 1. The van der Waals surface area contributed by atoms with Crippen LogP contribution in [0.4, 0.5) is 4.79 Å². The second-order valence-electron chi connectivity index (χ2n) is 15.5. The van der Waals surface area contributed by atoms with Crippen molar-refractivity contribution in [3.05, 3.63) is 70.7 Å². The SMILES string of the molecule is N#CC(C(=O)C(CC1CC2(CCCCC2)NC1=O)NC(=O)[C@H](CC1CCCCC1)NC(=O)OC(Cc1cccc(Cl)c1)c1ccccc1)=S1CCCC1. The number of alkyl carbamates (subject to hydrolysis) is 1. The molecule has 1 spiro atoms. The minimum Gasteiger partial charge on any atom is -0.441 e. The number of ketones is 1. The number of nitriles is 1. The Morgan fingerprint density at radius 2 is 1.62 bits per heavy atom. The molecule has 2 aliphatic carbocycles. The van der Waals surface area contributed by atoms with Crippen molar-refractivity contribution in [1.29, 1.82) is 5.26 Å². The summed E-state index contributed by atoms with van der Waals surface area (Å²) in [6, 6.07) is 17.1. The molecule has 6 rings (SSSR count). The Balaban J connectivity index is 1.23. The molecule has 2 heterocycles. The van der Waals surface area contributed by atoms with Gasteiger partial charge >= 0.3 is 6.09 Å². The lowest BCUT2D eigenvalue weighted by atomic mass is 9.78. The van der Waals surface area contributed by atoms with E-state index in [4.69, 9.17) is 16.3 Å². The number of nitrogens with one attached hydrogen (secondary N) is 3. The third-order valence-corrected chi connectivity index (χ3v) is 14.3. The van der Waals surface area contributed by atoms with Crippen LogP contribution in [0.2, 0.25) is 5.02 Å².